The second-order valence-corrected chi connectivity index (χ2v) is 3.05. The smallest absolute Gasteiger partial charge is 0.0321 e. The van der Waals surface area contributed by atoms with Crippen molar-refractivity contribution in [2.75, 3.05) is 0 Å². The molecule has 0 unspecified atom stereocenters. The Labute approximate surface area is 84.5 Å². The Kier molecular flexibility index (Phi) is 2.34. The van der Waals surface area contributed by atoms with Crippen molar-refractivity contribution in [2.24, 2.45) is 0 Å². The molecule has 0 fully saturated rings. The van der Waals surface area contributed by atoms with Crippen molar-refractivity contribution in [3.05, 3.63) is 78.4 Å². The van der Waals surface area contributed by atoms with Crippen LogP contribution in [0.5, 0.6) is 0 Å². The molecule has 2 aromatic carbocycles. The molecular weight excluding hydrogens is 168 g/mol. The number of hydrogen-bond acceptors (Lipinski definition) is 0. The number of benzene rings is 1. The zero-order chi connectivity index (χ0) is 9.80. The zero-order valence-corrected chi connectivity index (χ0v) is 7.83. The Morgan fingerprint density at radius 2 is 1.79 bits per heavy atom. The molecular formula is C14H10. The molecule has 0 aromatic heterocycles. The van der Waals surface area contributed by atoms with Crippen LogP contribution in [0.4, 0.5) is 0 Å². The normalized spacial score (nSPS) is 9.14. The van der Waals surface area contributed by atoms with E-state index in [0.717, 1.165) is 16.7 Å². The van der Waals surface area contributed by atoms with E-state index in [1.165, 1.54) is 0 Å². The number of rotatable bonds is 2. The molecule has 0 aliphatic heterocycles. The summed E-state index contributed by atoms with van der Waals surface area (Å²) in [6, 6.07) is 21.8. The predicted octanol–water partition coefficient (Wildman–Crippen LogP) is 3.35. The average Bonchev–Trinajstić information content (AvgIpc) is 2.30. The minimum atomic E-state index is 0.988. The summed E-state index contributed by atoms with van der Waals surface area (Å²) in [5.74, 6) is 0. The van der Waals surface area contributed by atoms with Crippen molar-refractivity contribution < 1.29 is 0 Å². The molecule has 0 N–H and O–H groups in total. The van der Waals surface area contributed by atoms with Gasteiger partial charge in [0, 0.05) is 5.56 Å². The van der Waals surface area contributed by atoms with Crippen LogP contribution in [0.2, 0.25) is 0 Å². The zero-order valence-electron chi connectivity index (χ0n) is 7.83. The molecule has 2 rings (SSSR count). The van der Waals surface area contributed by atoms with Crippen LogP contribution in [0.1, 0.15) is 11.1 Å². The molecule has 0 aliphatic carbocycles. The van der Waals surface area contributed by atoms with Gasteiger partial charge in [0.25, 0.3) is 0 Å². The van der Waals surface area contributed by atoms with Crippen molar-refractivity contribution in [3.63, 3.8) is 0 Å². The second-order valence-electron chi connectivity index (χ2n) is 3.05. The maximum atomic E-state index is 4.04. The molecule has 0 saturated carbocycles. The van der Waals surface area contributed by atoms with Crippen LogP contribution >= 0.6 is 0 Å². The molecule has 0 heteroatoms. The lowest BCUT2D eigenvalue weighted by atomic mass is 10.0. The Bertz CT molecular complexity index is 371. The first-order chi connectivity index (χ1) is 6.88. The summed E-state index contributed by atoms with van der Waals surface area (Å²) in [6.45, 7) is 4.04. The third-order valence-corrected chi connectivity index (χ3v) is 2.10. The third kappa shape index (κ3) is 1.67. The van der Waals surface area contributed by atoms with Gasteiger partial charge in [0.05, 0.1) is 0 Å². The van der Waals surface area contributed by atoms with Gasteiger partial charge >= 0.3 is 0 Å². The fraction of sp³-hybridized carbons (Fsp3) is 0. The van der Waals surface area contributed by atoms with E-state index >= 15 is 0 Å². The summed E-state index contributed by atoms with van der Waals surface area (Å²) in [7, 11) is 0. The van der Waals surface area contributed by atoms with Gasteiger partial charge in [-0.2, -0.15) is 0 Å². The average molecular weight is 178 g/mol. The van der Waals surface area contributed by atoms with Gasteiger partial charge in [-0.3, -0.25) is 0 Å². The highest BCUT2D eigenvalue weighted by Crippen LogP contribution is 2.18. The van der Waals surface area contributed by atoms with E-state index in [2.05, 4.69) is 18.7 Å². The Morgan fingerprint density at radius 1 is 1.00 bits per heavy atom. The van der Waals surface area contributed by atoms with E-state index < -0.39 is 0 Å². The maximum Gasteiger partial charge on any atom is 0.0321 e. The summed E-state index contributed by atoms with van der Waals surface area (Å²) in [5.41, 5.74) is 3.12. The number of hydrogen-bond donors (Lipinski definition) is 0. The van der Waals surface area contributed by atoms with Crippen molar-refractivity contribution in [3.8, 4) is 0 Å². The molecule has 0 amide bonds. The fourth-order valence-corrected chi connectivity index (χ4v) is 1.32. The first-order valence-electron chi connectivity index (χ1n) is 4.51. The van der Waals surface area contributed by atoms with Crippen molar-refractivity contribution in [2.45, 2.75) is 0 Å². The van der Waals surface area contributed by atoms with E-state index in [9.17, 15) is 0 Å². The fourth-order valence-electron chi connectivity index (χ4n) is 1.32. The largest absolute Gasteiger partial charge is 0.0899 e. The molecule has 0 nitrogen and oxygen atoms in total. The highest BCUT2D eigenvalue weighted by atomic mass is 14.0. The lowest BCUT2D eigenvalue weighted by Gasteiger charge is -2.02. The standard InChI is InChI=1S/C14H10/c1-12(13-8-4-2-5-9-13)14-10-6-3-7-11-14/h2-6,8-10H,1H2. The first-order valence-corrected chi connectivity index (χ1v) is 4.51. The van der Waals surface area contributed by atoms with Gasteiger partial charge < -0.3 is 0 Å². The van der Waals surface area contributed by atoms with E-state index in [0.29, 0.717) is 0 Å². The van der Waals surface area contributed by atoms with Gasteiger partial charge in [-0.1, -0.05) is 55.1 Å². The summed E-state index contributed by atoms with van der Waals surface area (Å²) >= 11 is 0. The van der Waals surface area contributed by atoms with Gasteiger partial charge in [0.15, 0.2) is 0 Å². The molecule has 0 atom stereocenters. The van der Waals surface area contributed by atoms with E-state index in [-0.39, 0.29) is 0 Å². The lowest BCUT2D eigenvalue weighted by molar-refractivity contribution is 1.57. The lowest BCUT2D eigenvalue weighted by Crippen LogP contribution is -1.83. The van der Waals surface area contributed by atoms with Crippen LogP contribution < -0.4 is 0 Å². The molecule has 0 aliphatic rings. The third-order valence-electron chi connectivity index (χ3n) is 2.10. The Morgan fingerprint density at radius 3 is 2.43 bits per heavy atom. The summed E-state index contributed by atoms with van der Waals surface area (Å²) in [4.78, 5) is 0. The van der Waals surface area contributed by atoms with Gasteiger partial charge in [-0.25, -0.2) is 0 Å². The van der Waals surface area contributed by atoms with E-state index in [1.54, 1.807) is 0 Å². The molecule has 0 radical (unpaired) electrons. The summed E-state index contributed by atoms with van der Waals surface area (Å²) in [5, 5.41) is 0. The predicted molar refractivity (Wildman–Crippen MR) is 58.7 cm³/mol. The van der Waals surface area contributed by atoms with Gasteiger partial charge in [0.1, 0.15) is 0 Å². The quantitative estimate of drug-likeness (QED) is 0.661. The van der Waals surface area contributed by atoms with Crippen LogP contribution in [0.25, 0.3) is 5.57 Å². The van der Waals surface area contributed by atoms with Crippen LogP contribution in [0, 0.1) is 12.1 Å². The molecule has 2 aromatic rings. The van der Waals surface area contributed by atoms with Crippen molar-refractivity contribution in [1.82, 2.24) is 0 Å². The molecule has 0 saturated heterocycles. The minimum Gasteiger partial charge on any atom is -0.0899 e. The minimum absolute atomic E-state index is 0.988. The summed E-state index contributed by atoms with van der Waals surface area (Å²) in [6.07, 6.45) is 0. The van der Waals surface area contributed by atoms with Crippen LogP contribution in [-0.2, 0) is 0 Å². The molecule has 0 bridgehead atoms. The highest BCUT2D eigenvalue weighted by molar-refractivity contribution is 5.76. The monoisotopic (exact) mass is 178 g/mol. The topological polar surface area (TPSA) is 0 Å². The maximum absolute atomic E-state index is 4.04. The molecule has 0 spiro atoms. The molecule has 0 heterocycles. The van der Waals surface area contributed by atoms with Crippen molar-refractivity contribution in [1.29, 1.82) is 0 Å². The molecule has 66 valence electrons. The van der Waals surface area contributed by atoms with Gasteiger partial charge in [-0.15, -0.1) is 0 Å². The second kappa shape index (κ2) is 3.81. The van der Waals surface area contributed by atoms with E-state index in [1.807, 2.05) is 48.5 Å². The Balaban J connectivity index is 2.35. The van der Waals surface area contributed by atoms with Gasteiger partial charge in [0.2, 0.25) is 0 Å². The van der Waals surface area contributed by atoms with Gasteiger partial charge in [-0.05, 0) is 23.3 Å². The summed E-state index contributed by atoms with van der Waals surface area (Å²) < 4.78 is 0. The highest BCUT2D eigenvalue weighted by Gasteiger charge is 1.99. The van der Waals surface area contributed by atoms with Crippen LogP contribution in [0.3, 0.4) is 0 Å². The molecule has 14 heavy (non-hydrogen) atoms. The SMILES string of the molecule is C=C(c1c#cccc1)c1ccccc1. The van der Waals surface area contributed by atoms with E-state index in [4.69, 9.17) is 0 Å². The van der Waals surface area contributed by atoms with Crippen LogP contribution in [0.15, 0.2) is 55.1 Å². The van der Waals surface area contributed by atoms with Crippen LogP contribution in [-0.4, -0.2) is 0 Å². The first kappa shape index (κ1) is 8.59. The Hall–Kier alpha value is -2.00. The van der Waals surface area contributed by atoms with Crippen molar-refractivity contribution >= 4 is 5.57 Å².